The van der Waals surface area contributed by atoms with Gasteiger partial charge in [-0.15, -0.1) is 10.2 Å². The molecule has 0 saturated heterocycles. The van der Waals surface area contributed by atoms with Gasteiger partial charge < -0.3 is 24.8 Å². The quantitative estimate of drug-likeness (QED) is 0.397. The van der Waals surface area contributed by atoms with Gasteiger partial charge in [0.05, 0.1) is 28.3 Å². The predicted octanol–water partition coefficient (Wildman–Crippen LogP) is -1.13. The number of aromatic amines is 1. The number of aromatic nitrogens is 5. The number of carbonyl (C=O) groups excluding carboxylic acids is 1. The van der Waals surface area contributed by atoms with E-state index in [2.05, 4.69) is 25.5 Å². The number of nitrogens with zero attached hydrogens (tertiary/aromatic N) is 4. The molecule has 0 unspecified atom stereocenters. The number of hydrogen-bond donors (Lipinski definition) is 2. The van der Waals surface area contributed by atoms with Gasteiger partial charge in [-0.1, -0.05) is 12.1 Å². The zero-order chi connectivity index (χ0) is 20.5. The fraction of sp³-hybridized carbons (Fsp3) is 0.150. The Bertz CT molecular complexity index is 1280. The summed E-state index contributed by atoms with van der Waals surface area (Å²) in [5.74, 6) is -0.291. The number of carboxylic acid groups (broad SMARTS) is 1. The zero-order valence-corrected chi connectivity index (χ0v) is 18.7. The fourth-order valence-corrected chi connectivity index (χ4v) is 3.09. The number of benzene rings is 1. The molecule has 0 aliphatic rings. The van der Waals surface area contributed by atoms with Gasteiger partial charge >= 0.3 is 29.6 Å². The zero-order valence-electron chi connectivity index (χ0n) is 16.7. The van der Waals surface area contributed by atoms with E-state index in [0.29, 0.717) is 33.9 Å². The van der Waals surface area contributed by atoms with Crippen molar-refractivity contribution in [1.82, 2.24) is 24.7 Å². The van der Waals surface area contributed by atoms with Crippen molar-refractivity contribution in [2.24, 2.45) is 0 Å². The number of carboxylic acids is 1. The molecule has 0 aliphatic carbocycles. The van der Waals surface area contributed by atoms with Gasteiger partial charge in [0, 0.05) is 12.1 Å². The van der Waals surface area contributed by atoms with Crippen LogP contribution in [0.2, 0.25) is 0 Å². The molecule has 30 heavy (non-hydrogen) atoms. The van der Waals surface area contributed by atoms with Crippen LogP contribution in [0.25, 0.3) is 22.4 Å². The van der Waals surface area contributed by atoms with Gasteiger partial charge in [0.15, 0.2) is 11.3 Å². The van der Waals surface area contributed by atoms with Crippen LogP contribution < -0.4 is 45.4 Å². The first-order valence-corrected chi connectivity index (χ1v) is 8.95. The van der Waals surface area contributed by atoms with Crippen LogP contribution in [0.15, 0.2) is 53.6 Å². The summed E-state index contributed by atoms with van der Waals surface area (Å²) >= 11 is 0. The van der Waals surface area contributed by atoms with Crippen molar-refractivity contribution < 1.29 is 39.5 Å². The van der Waals surface area contributed by atoms with Crippen molar-refractivity contribution in [2.45, 2.75) is 19.9 Å². The Hall–Kier alpha value is -3.01. The molecule has 10 heteroatoms. The number of carbonyl (C=O) groups is 1. The summed E-state index contributed by atoms with van der Waals surface area (Å²) in [7, 11) is 0. The van der Waals surface area contributed by atoms with Crippen LogP contribution in [0.3, 0.4) is 0 Å². The molecule has 9 nitrogen and oxygen atoms in total. The molecule has 146 valence electrons. The number of rotatable bonds is 5. The molecule has 3 aromatic heterocycles. The standard InChI is InChI=1S/C20H18N6O3.Na/c1-11(2)26-10-21-25-19(26)14-7-4-8-17(24-14)23-13-6-3-5-12-18(13)16(27)9-15(22-12)20(28)29;/h3-11H,1-2H3,(H,22,27)(H,23,24)(H,28,29);/q;+1/p-1. The normalized spacial score (nSPS) is 10.8. The Balaban J connectivity index is 0.00000256. The summed E-state index contributed by atoms with van der Waals surface area (Å²) < 4.78 is 1.91. The number of aromatic carboxylic acids is 1. The first-order chi connectivity index (χ1) is 13.9. The Kier molecular flexibility index (Phi) is 6.35. The molecule has 0 radical (unpaired) electrons. The van der Waals surface area contributed by atoms with Crippen LogP contribution >= 0.6 is 0 Å². The molecule has 0 amide bonds. The maximum absolute atomic E-state index is 12.5. The number of H-pyrrole nitrogens is 1. The molecular weight excluding hydrogens is 395 g/mol. The Labute approximate surface area is 193 Å². The van der Waals surface area contributed by atoms with E-state index >= 15 is 0 Å². The van der Waals surface area contributed by atoms with E-state index in [1.807, 2.05) is 30.5 Å². The van der Waals surface area contributed by atoms with Gasteiger partial charge in [0.2, 0.25) is 0 Å². The average molecular weight is 412 g/mol. The number of fused-ring (bicyclic) bond motifs is 1. The topological polar surface area (TPSA) is 129 Å². The molecule has 3 heterocycles. The van der Waals surface area contributed by atoms with Crippen molar-refractivity contribution in [1.29, 1.82) is 0 Å². The monoisotopic (exact) mass is 412 g/mol. The Morgan fingerprint density at radius 3 is 2.70 bits per heavy atom. The van der Waals surface area contributed by atoms with Crippen molar-refractivity contribution in [2.75, 3.05) is 5.32 Å². The van der Waals surface area contributed by atoms with Crippen LogP contribution in [0.4, 0.5) is 11.5 Å². The van der Waals surface area contributed by atoms with Crippen LogP contribution in [0, 0.1) is 0 Å². The fourth-order valence-electron chi connectivity index (χ4n) is 3.09. The second-order valence-corrected chi connectivity index (χ2v) is 6.75. The SMILES string of the molecule is CC(C)n1cnnc1-c1cccc(Nc2cccc3[nH]c(C(=O)[O-])cc(=O)c23)n1.[Na+]. The molecule has 0 spiro atoms. The van der Waals surface area contributed by atoms with E-state index in [9.17, 15) is 14.7 Å². The smallest absolute Gasteiger partial charge is 0.543 e. The van der Waals surface area contributed by atoms with Crippen LogP contribution in [0.5, 0.6) is 0 Å². The van der Waals surface area contributed by atoms with Gasteiger partial charge in [0.1, 0.15) is 17.8 Å². The second kappa shape index (κ2) is 8.78. The molecule has 0 bridgehead atoms. The van der Waals surface area contributed by atoms with Crippen LogP contribution in [0.1, 0.15) is 30.4 Å². The number of hydrogen-bond acceptors (Lipinski definition) is 7. The molecule has 2 N–H and O–H groups in total. The molecule has 0 atom stereocenters. The van der Waals surface area contributed by atoms with E-state index in [4.69, 9.17) is 0 Å². The maximum atomic E-state index is 12.5. The summed E-state index contributed by atoms with van der Waals surface area (Å²) in [5.41, 5.74) is 0.820. The van der Waals surface area contributed by atoms with Gasteiger partial charge in [-0.3, -0.25) is 4.79 Å². The largest absolute Gasteiger partial charge is 1.00 e. The second-order valence-electron chi connectivity index (χ2n) is 6.75. The van der Waals surface area contributed by atoms with Crippen molar-refractivity contribution in [3.63, 3.8) is 0 Å². The Morgan fingerprint density at radius 1 is 1.20 bits per heavy atom. The first kappa shape index (κ1) is 21.7. The number of pyridine rings is 2. The summed E-state index contributed by atoms with van der Waals surface area (Å²) in [6.45, 7) is 4.05. The predicted molar refractivity (Wildman–Crippen MR) is 106 cm³/mol. The minimum atomic E-state index is -1.44. The third kappa shape index (κ3) is 4.13. The van der Waals surface area contributed by atoms with E-state index < -0.39 is 11.4 Å². The summed E-state index contributed by atoms with van der Waals surface area (Å²) in [6.07, 6.45) is 1.65. The van der Waals surface area contributed by atoms with Gasteiger partial charge in [-0.25, -0.2) is 4.98 Å². The molecule has 0 saturated carbocycles. The number of anilines is 2. The summed E-state index contributed by atoms with van der Waals surface area (Å²) in [5, 5.41) is 22.7. The van der Waals surface area contributed by atoms with Gasteiger partial charge in [0.25, 0.3) is 0 Å². The van der Waals surface area contributed by atoms with Crippen molar-refractivity contribution in [3.05, 3.63) is 64.7 Å². The first-order valence-electron chi connectivity index (χ1n) is 8.95. The molecule has 0 aliphatic heterocycles. The van der Waals surface area contributed by atoms with E-state index in [1.165, 1.54) is 0 Å². The van der Waals surface area contributed by atoms with E-state index in [0.717, 1.165) is 6.07 Å². The van der Waals surface area contributed by atoms with E-state index in [-0.39, 0.29) is 41.3 Å². The molecule has 1 aromatic carbocycles. The molecule has 4 aromatic rings. The molecular formula is C20H17N6NaO3. The third-order valence-corrected chi connectivity index (χ3v) is 4.45. The van der Waals surface area contributed by atoms with Crippen LogP contribution in [-0.4, -0.2) is 30.7 Å². The molecule has 0 fully saturated rings. The van der Waals surface area contributed by atoms with Gasteiger partial charge in [-0.2, -0.15) is 0 Å². The van der Waals surface area contributed by atoms with Crippen LogP contribution in [-0.2, 0) is 0 Å². The maximum Gasteiger partial charge on any atom is 1.00 e. The van der Waals surface area contributed by atoms with Gasteiger partial charge in [-0.05, 0) is 38.1 Å². The Morgan fingerprint density at radius 2 is 1.97 bits per heavy atom. The summed E-state index contributed by atoms with van der Waals surface area (Å²) in [4.78, 5) is 30.9. The average Bonchev–Trinajstić information content (AvgIpc) is 3.18. The summed E-state index contributed by atoms with van der Waals surface area (Å²) in [6, 6.07) is 11.7. The van der Waals surface area contributed by atoms with E-state index in [1.54, 1.807) is 30.6 Å². The van der Waals surface area contributed by atoms with Crippen molar-refractivity contribution in [3.8, 4) is 11.5 Å². The number of nitrogens with one attached hydrogen (secondary N) is 2. The van der Waals surface area contributed by atoms with Crippen molar-refractivity contribution >= 4 is 28.4 Å². The minimum absolute atomic E-state index is 0. The minimum Gasteiger partial charge on any atom is -0.543 e. The molecule has 4 rings (SSSR count). The third-order valence-electron chi connectivity index (χ3n) is 4.45.